The van der Waals surface area contributed by atoms with Crippen molar-refractivity contribution in [2.75, 3.05) is 6.61 Å². The fourth-order valence-corrected chi connectivity index (χ4v) is 2.21. The summed E-state index contributed by atoms with van der Waals surface area (Å²) in [6, 6.07) is 1.11. The molecule has 3 N–H and O–H groups in total. The van der Waals surface area contributed by atoms with Crippen molar-refractivity contribution >= 4 is 23.2 Å². The van der Waals surface area contributed by atoms with Gasteiger partial charge in [0.05, 0.1) is 0 Å². The van der Waals surface area contributed by atoms with E-state index in [1.165, 1.54) is 11.3 Å². The number of thiophene rings is 1. The van der Waals surface area contributed by atoms with Gasteiger partial charge in [-0.1, -0.05) is 11.8 Å². The second kappa shape index (κ2) is 7.68. The number of nitrogens with one attached hydrogen (secondary N) is 2. The predicted octanol–water partition coefficient (Wildman–Crippen LogP) is 0.735. The molecular weight excluding hydrogens is 276 g/mol. The lowest BCUT2D eigenvalue weighted by Crippen LogP contribution is -2.46. The van der Waals surface area contributed by atoms with Gasteiger partial charge in [-0.15, -0.1) is 11.3 Å². The quantitative estimate of drug-likeness (QED) is 0.717. The molecule has 0 aliphatic heterocycles. The maximum Gasteiger partial charge on any atom is 0.263 e. The van der Waals surface area contributed by atoms with Crippen LogP contribution >= 0.6 is 11.3 Å². The van der Waals surface area contributed by atoms with E-state index >= 15 is 0 Å². The van der Waals surface area contributed by atoms with Gasteiger partial charge in [-0.2, -0.15) is 0 Å². The predicted molar refractivity (Wildman–Crippen MR) is 78.5 cm³/mol. The van der Waals surface area contributed by atoms with Crippen molar-refractivity contribution in [1.82, 2.24) is 10.6 Å². The molecule has 0 aliphatic rings. The van der Waals surface area contributed by atoms with Crippen LogP contribution in [-0.4, -0.2) is 35.6 Å². The van der Waals surface area contributed by atoms with Gasteiger partial charge < -0.3 is 15.7 Å². The largest absolute Gasteiger partial charge is 0.384 e. The smallest absolute Gasteiger partial charge is 0.263 e. The summed E-state index contributed by atoms with van der Waals surface area (Å²) >= 11 is 1.25. The van der Waals surface area contributed by atoms with Crippen molar-refractivity contribution < 1.29 is 14.7 Å². The van der Waals surface area contributed by atoms with Crippen molar-refractivity contribution in [1.29, 1.82) is 0 Å². The molecule has 1 rings (SSSR count). The van der Waals surface area contributed by atoms with Gasteiger partial charge in [-0.3, -0.25) is 9.59 Å². The van der Waals surface area contributed by atoms with E-state index < -0.39 is 6.04 Å². The lowest BCUT2D eigenvalue weighted by molar-refractivity contribution is -0.123. The first-order valence-corrected chi connectivity index (χ1v) is 7.12. The standard InChI is InChI=1S/C14H18N2O3S/c1-9(2)15-13(18)10(3)16-14(19)12-11(5-4-7-17)6-8-20-12/h6,8-10,17H,7H2,1-3H3,(H,15,18)(H,16,19). The van der Waals surface area contributed by atoms with Gasteiger partial charge in [0.25, 0.3) is 5.91 Å². The first kappa shape index (κ1) is 16.2. The number of hydrogen-bond donors (Lipinski definition) is 3. The molecule has 1 aromatic heterocycles. The van der Waals surface area contributed by atoms with Crippen LogP contribution in [0.2, 0.25) is 0 Å². The monoisotopic (exact) mass is 294 g/mol. The van der Waals surface area contributed by atoms with E-state index in [2.05, 4.69) is 22.5 Å². The van der Waals surface area contributed by atoms with E-state index in [9.17, 15) is 9.59 Å². The summed E-state index contributed by atoms with van der Waals surface area (Å²) in [7, 11) is 0. The van der Waals surface area contributed by atoms with Crippen LogP contribution in [0.25, 0.3) is 0 Å². The Morgan fingerprint density at radius 2 is 2.05 bits per heavy atom. The minimum Gasteiger partial charge on any atom is -0.384 e. The Labute approximate surface area is 122 Å². The highest BCUT2D eigenvalue weighted by Gasteiger charge is 2.19. The average molecular weight is 294 g/mol. The first-order valence-electron chi connectivity index (χ1n) is 6.24. The van der Waals surface area contributed by atoms with E-state index in [1.807, 2.05) is 13.8 Å². The molecule has 1 unspecified atom stereocenters. The summed E-state index contributed by atoms with van der Waals surface area (Å²) in [6.45, 7) is 5.08. The fraction of sp³-hybridized carbons (Fsp3) is 0.429. The molecule has 6 heteroatoms. The summed E-state index contributed by atoms with van der Waals surface area (Å²) in [4.78, 5) is 24.3. The van der Waals surface area contributed by atoms with Gasteiger partial charge in [0, 0.05) is 11.6 Å². The lowest BCUT2D eigenvalue weighted by Gasteiger charge is -2.15. The number of carbonyl (C=O) groups excluding carboxylic acids is 2. The van der Waals surface area contributed by atoms with E-state index in [0.29, 0.717) is 10.4 Å². The van der Waals surface area contributed by atoms with Gasteiger partial charge in [0.15, 0.2) is 0 Å². The third-order valence-electron chi connectivity index (χ3n) is 2.35. The molecule has 0 bridgehead atoms. The molecule has 0 radical (unpaired) electrons. The highest BCUT2D eigenvalue weighted by molar-refractivity contribution is 7.12. The summed E-state index contributed by atoms with van der Waals surface area (Å²) in [5.41, 5.74) is 0.554. The summed E-state index contributed by atoms with van der Waals surface area (Å²) < 4.78 is 0. The molecule has 0 fully saturated rings. The number of hydrogen-bond acceptors (Lipinski definition) is 4. The molecule has 20 heavy (non-hydrogen) atoms. The lowest BCUT2D eigenvalue weighted by atomic mass is 10.2. The summed E-state index contributed by atoms with van der Waals surface area (Å²) in [6.07, 6.45) is 0. The van der Waals surface area contributed by atoms with E-state index in [0.717, 1.165) is 0 Å². The van der Waals surface area contributed by atoms with Gasteiger partial charge in [0.1, 0.15) is 17.5 Å². The van der Waals surface area contributed by atoms with Gasteiger partial charge in [0.2, 0.25) is 5.91 Å². The van der Waals surface area contributed by atoms with Crippen molar-refractivity contribution in [3.63, 3.8) is 0 Å². The first-order chi connectivity index (χ1) is 9.45. The molecule has 1 aromatic rings. The van der Waals surface area contributed by atoms with Crippen LogP contribution in [0.3, 0.4) is 0 Å². The normalized spacial score (nSPS) is 11.4. The SMILES string of the molecule is CC(C)NC(=O)C(C)NC(=O)c1sccc1C#CCO. The molecule has 108 valence electrons. The van der Waals surface area contributed by atoms with Crippen LogP contribution < -0.4 is 10.6 Å². The van der Waals surface area contributed by atoms with Gasteiger partial charge in [-0.05, 0) is 32.2 Å². The van der Waals surface area contributed by atoms with Crippen molar-refractivity contribution in [2.45, 2.75) is 32.9 Å². The molecule has 1 heterocycles. The molecule has 2 amide bonds. The van der Waals surface area contributed by atoms with Crippen molar-refractivity contribution in [3.8, 4) is 11.8 Å². The van der Waals surface area contributed by atoms with Crippen molar-refractivity contribution in [2.24, 2.45) is 0 Å². The third-order valence-corrected chi connectivity index (χ3v) is 3.26. The number of amides is 2. The van der Waals surface area contributed by atoms with Crippen molar-refractivity contribution in [3.05, 3.63) is 21.9 Å². The zero-order valence-electron chi connectivity index (χ0n) is 11.7. The number of carbonyl (C=O) groups is 2. The van der Waals surface area contributed by atoms with E-state index in [-0.39, 0.29) is 24.5 Å². The molecule has 0 saturated heterocycles. The number of aliphatic hydroxyl groups is 1. The summed E-state index contributed by atoms with van der Waals surface area (Å²) in [5, 5.41) is 15.8. The second-order valence-corrected chi connectivity index (χ2v) is 5.40. The third kappa shape index (κ3) is 4.68. The van der Waals surface area contributed by atoms with Crippen LogP contribution in [0.15, 0.2) is 11.4 Å². The number of rotatable bonds is 4. The highest BCUT2D eigenvalue weighted by Crippen LogP contribution is 2.15. The van der Waals surface area contributed by atoms with Crippen LogP contribution in [-0.2, 0) is 4.79 Å². The molecule has 5 nitrogen and oxygen atoms in total. The maximum atomic E-state index is 12.1. The Bertz CT molecular complexity index is 540. The Kier molecular flexibility index (Phi) is 6.22. The molecule has 0 aliphatic carbocycles. The Hall–Kier alpha value is -1.84. The minimum absolute atomic E-state index is 0.0228. The molecule has 0 saturated carbocycles. The van der Waals surface area contributed by atoms with E-state index in [1.54, 1.807) is 18.4 Å². The minimum atomic E-state index is -0.620. The number of aliphatic hydroxyl groups excluding tert-OH is 1. The second-order valence-electron chi connectivity index (χ2n) is 4.48. The van der Waals surface area contributed by atoms with E-state index in [4.69, 9.17) is 5.11 Å². The summed E-state index contributed by atoms with van der Waals surface area (Å²) in [5.74, 6) is 4.64. The van der Waals surface area contributed by atoms with Crippen LogP contribution in [0.5, 0.6) is 0 Å². The Balaban J connectivity index is 2.72. The molecule has 1 atom stereocenters. The Morgan fingerprint density at radius 3 is 2.65 bits per heavy atom. The maximum absolute atomic E-state index is 12.1. The topological polar surface area (TPSA) is 78.4 Å². The molecule has 0 aromatic carbocycles. The molecular formula is C14H18N2O3S. The zero-order valence-corrected chi connectivity index (χ0v) is 12.5. The molecule has 0 spiro atoms. The average Bonchev–Trinajstić information content (AvgIpc) is 2.83. The van der Waals surface area contributed by atoms with Crippen LogP contribution in [0.1, 0.15) is 36.0 Å². The van der Waals surface area contributed by atoms with Gasteiger partial charge >= 0.3 is 0 Å². The highest BCUT2D eigenvalue weighted by atomic mass is 32.1. The Morgan fingerprint density at radius 1 is 1.35 bits per heavy atom. The zero-order chi connectivity index (χ0) is 15.1. The van der Waals surface area contributed by atoms with Gasteiger partial charge in [-0.25, -0.2) is 0 Å². The van der Waals surface area contributed by atoms with Crippen LogP contribution in [0, 0.1) is 11.8 Å². The fourth-order valence-electron chi connectivity index (χ4n) is 1.46. The van der Waals surface area contributed by atoms with Crippen LogP contribution in [0.4, 0.5) is 0 Å².